The Balaban J connectivity index is 1.17. The zero-order valence-corrected chi connectivity index (χ0v) is 27.4. The van der Waals surface area contributed by atoms with Gasteiger partial charge in [-0.05, 0) is 35.4 Å². The maximum atomic E-state index is 13.1. The summed E-state index contributed by atoms with van der Waals surface area (Å²) in [6.07, 6.45) is 0.124. The summed E-state index contributed by atoms with van der Waals surface area (Å²) in [5.41, 5.74) is 2.37. The molecule has 14 nitrogen and oxygen atoms in total. The molecule has 0 bridgehead atoms. The smallest absolute Gasteiger partial charge is 0.407 e. The Morgan fingerprint density at radius 1 is 0.600 bits per heavy atom. The van der Waals surface area contributed by atoms with E-state index in [1.165, 1.54) is 0 Å². The summed E-state index contributed by atoms with van der Waals surface area (Å²) in [7, 11) is 0. The lowest BCUT2D eigenvalue weighted by Gasteiger charge is -2.19. The maximum absolute atomic E-state index is 13.1. The van der Waals surface area contributed by atoms with Crippen LogP contribution in [-0.2, 0) is 57.8 Å². The molecule has 0 aromatic heterocycles. The molecule has 1 saturated carbocycles. The van der Waals surface area contributed by atoms with Gasteiger partial charge in [-0.15, -0.1) is 0 Å². The molecule has 0 heterocycles. The lowest BCUT2D eigenvalue weighted by Crippen LogP contribution is -2.52. The van der Waals surface area contributed by atoms with E-state index in [2.05, 4.69) is 26.6 Å². The largest absolute Gasteiger partial charge is 0.459 e. The van der Waals surface area contributed by atoms with Crippen molar-refractivity contribution in [2.45, 2.75) is 44.6 Å². The number of hydrogen-bond acceptors (Lipinski definition) is 9. The molecule has 1 fully saturated rings. The van der Waals surface area contributed by atoms with Gasteiger partial charge in [0, 0.05) is 6.42 Å². The zero-order chi connectivity index (χ0) is 35.6. The highest BCUT2D eigenvalue weighted by Gasteiger charge is 2.38. The molecule has 4 rings (SSSR count). The van der Waals surface area contributed by atoms with Gasteiger partial charge in [-0.25, -0.2) is 9.59 Å². The topological polar surface area (TPSA) is 190 Å². The summed E-state index contributed by atoms with van der Waals surface area (Å²) in [4.78, 5) is 75.0. The first-order valence-corrected chi connectivity index (χ1v) is 16.2. The second-order valence-corrected chi connectivity index (χ2v) is 11.5. The number of nitrogens with one attached hydrogen (secondary N) is 5. The van der Waals surface area contributed by atoms with Crippen LogP contribution in [0.1, 0.15) is 29.5 Å². The molecule has 0 aliphatic heterocycles. The molecule has 264 valence electrons. The van der Waals surface area contributed by atoms with Crippen LogP contribution in [0.5, 0.6) is 0 Å². The third-order valence-electron chi connectivity index (χ3n) is 7.45. The molecular formula is C36H41N5O9. The quantitative estimate of drug-likeness (QED) is 0.0918. The van der Waals surface area contributed by atoms with Crippen LogP contribution in [-0.4, -0.2) is 74.2 Å². The fourth-order valence-electron chi connectivity index (χ4n) is 4.64. The summed E-state index contributed by atoms with van der Waals surface area (Å²) in [5, 5.41) is 12.3. The van der Waals surface area contributed by atoms with Gasteiger partial charge in [-0.3, -0.25) is 19.2 Å². The molecule has 0 spiro atoms. The van der Waals surface area contributed by atoms with Crippen molar-refractivity contribution in [3.63, 3.8) is 0 Å². The molecular weight excluding hydrogens is 646 g/mol. The van der Waals surface area contributed by atoms with Crippen molar-refractivity contribution in [2.24, 2.45) is 5.92 Å². The van der Waals surface area contributed by atoms with Crippen LogP contribution in [0.15, 0.2) is 91.0 Å². The van der Waals surface area contributed by atoms with Crippen LogP contribution in [0.3, 0.4) is 0 Å². The van der Waals surface area contributed by atoms with E-state index >= 15 is 0 Å². The van der Waals surface area contributed by atoms with Crippen molar-refractivity contribution in [3.8, 4) is 0 Å². The minimum absolute atomic E-state index is 0.0136. The Morgan fingerprint density at radius 2 is 1.12 bits per heavy atom. The second-order valence-electron chi connectivity index (χ2n) is 11.5. The van der Waals surface area contributed by atoms with Crippen LogP contribution >= 0.6 is 0 Å². The predicted molar refractivity (Wildman–Crippen MR) is 180 cm³/mol. The molecule has 1 aliphatic carbocycles. The van der Waals surface area contributed by atoms with Gasteiger partial charge >= 0.3 is 12.1 Å². The van der Waals surface area contributed by atoms with Crippen LogP contribution in [0.2, 0.25) is 0 Å². The van der Waals surface area contributed by atoms with Crippen molar-refractivity contribution in [3.05, 3.63) is 108 Å². The Labute approximate surface area is 289 Å². The van der Waals surface area contributed by atoms with E-state index in [0.717, 1.165) is 29.5 Å². The zero-order valence-electron chi connectivity index (χ0n) is 27.4. The number of carbonyl (C=O) groups excluding carboxylic acids is 6. The molecule has 3 aromatic rings. The molecule has 2 unspecified atom stereocenters. The van der Waals surface area contributed by atoms with E-state index in [4.69, 9.17) is 14.2 Å². The Bertz CT molecular complexity index is 1570. The average Bonchev–Trinajstić information content (AvgIpc) is 3.98. The van der Waals surface area contributed by atoms with Gasteiger partial charge in [0.2, 0.25) is 23.6 Å². The van der Waals surface area contributed by atoms with E-state index in [0.29, 0.717) is 0 Å². The van der Waals surface area contributed by atoms with Crippen LogP contribution in [0, 0.1) is 5.92 Å². The highest BCUT2D eigenvalue weighted by atomic mass is 16.6. The summed E-state index contributed by atoms with van der Waals surface area (Å²) >= 11 is 0. The predicted octanol–water partition coefficient (Wildman–Crippen LogP) is 1.49. The molecule has 50 heavy (non-hydrogen) atoms. The molecule has 2 atom stereocenters. The number of rotatable bonds is 19. The van der Waals surface area contributed by atoms with Gasteiger partial charge < -0.3 is 40.8 Å². The van der Waals surface area contributed by atoms with Crippen molar-refractivity contribution < 1.29 is 43.0 Å². The lowest BCUT2D eigenvalue weighted by atomic mass is 10.1. The van der Waals surface area contributed by atoms with Crippen molar-refractivity contribution in [2.75, 3.05) is 26.4 Å². The van der Waals surface area contributed by atoms with Gasteiger partial charge in [0.1, 0.15) is 32.5 Å². The van der Waals surface area contributed by atoms with E-state index in [-0.39, 0.29) is 32.3 Å². The Morgan fingerprint density at radius 3 is 1.72 bits per heavy atom. The fraction of sp³-hybridized carbons (Fsp3) is 0.333. The van der Waals surface area contributed by atoms with Gasteiger partial charge in [0.25, 0.3) is 0 Å². The molecule has 14 heteroatoms. The lowest BCUT2D eigenvalue weighted by molar-refractivity contribution is -0.161. The van der Waals surface area contributed by atoms with Crippen LogP contribution in [0.4, 0.5) is 4.79 Å². The minimum Gasteiger partial charge on any atom is -0.459 e. The normalized spacial score (nSPS) is 13.1. The van der Waals surface area contributed by atoms with E-state index in [1.807, 2.05) is 36.4 Å². The number of carbonyl (C=O) groups is 6. The van der Waals surface area contributed by atoms with Crippen molar-refractivity contribution in [1.29, 1.82) is 0 Å². The van der Waals surface area contributed by atoms with E-state index in [1.54, 1.807) is 54.6 Å². The molecule has 5 amide bonds. The standard InChI is InChI=1S/C36H41N5O9/c42-30(20-39-36(47)49-23-27-14-8-3-9-15-27)37-21-32(44)41-29(18-25-10-4-1-5-11-25)34(45)38-19-31(43)40-24-50-33(28-16-17-28)35(46)48-22-26-12-6-2-7-13-26/h1-15,28-29,33H,16-24H2,(H,37,42)(H,38,45)(H,39,47)(H,40,43)(H,41,44). The van der Waals surface area contributed by atoms with E-state index in [9.17, 15) is 28.8 Å². The Hall–Kier alpha value is -5.76. The summed E-state index contributed by atoms with van der Waals surface area (Å²) in [6, 6.07) is 26.1. The highest BCUT2D eigenvalue weighted by Crippen LogP contribution is 2.35. The van der Waals surface area contributed by atoms with Crippen molar-refractivity contribution >= 4 is 35.7 Å². The molecule has 0 radical (unpaired) electrons. The van der Waals surface area contributed by atoms with Gasteiger partial charge in [0.05, 0.1) is 13.1 Å². The maximum Gasteiger partial charge on any atom is 0.407 e. The first-order valence-electron chi connectivity index (χ1n) is 16.2. The van der Waals surface area contributed by atoms with Crippen molar-refractivity contribution in [1.82, 2.24) is 26.6 Å². The molecule has 5 N–H and O–H groups in total. The number of ether oxygens (including phenoxy) is 3. The highest BCUT2D eigenvalue weighted by molar-refractivity contribution is 5.92. The fourth-order valence-corrected chi connectivity index (χ4v) is 4.64. The number of esters is 1. The van der Waals surface area contributed by atoms with Crippen LogP contribution in [0.25, 0.3) is 0 Å². The second kappa shape index (κ2) is 19.9. The monoisotopic (exact) mass is 687 g/mol. The van der Waals surface area contributed by atoms with Gasteiger partial charge in [0.15, 0.2) is 6.10 Å². The SMILES string of the molecule is O=C(CNC(=O)OCc1ccccc1)NCC(=O)NC(Cc1ccccc1)C(=O)NCC(=O)NCOC(C(=O)OCc1ccccc1)C1CC1. The summed E-state index contributed by atoms with van der Waals surface area (Å²) in [5.74, 6) is -3.01. The van der Waals surface area contributed by atoms with E-state index < -0.39 is 67.5 Å². The first kappa shape index (κ1) is 37.1. The molecule has 0 saturated heterocycles. The first-order chi connectivity index (χ1) is 24.3. The number of hydrogen-bond donors (Lipinski definition) is 5. The summed E-state index contributed by atoms with van der Waals surface area (Å²) < 4.78 is 16.1. The Kier molecular flexibility index (Phi) is 14.8. The number of alkyl carbamates (subject to hydrolysis) is 1. The number of amides is 5. The minimum atomic E-state index is -1.07. The molecule has 3 aromatic carbocycles. The average molecular weight is 688 g/mol. The van der Waals surface area contributed by atoms with Gasteiger partial charge in [-0.1, -0.05) is 91.0 Å². The summed E-state index contributed by atoms with van der Waals surface area (Å²) in [6.45, 7) is -1.43. The van der Waals surface area contributed by atoms with Gasteiger partial charge in [-0.2, -0.15) is 0 Å². The molecule has 1 aliphatic rings. The third kappa shape index (κ3) is 13.8. The number of benzene rings is 3. The third-order valence-corrected chi connectivity index (χ3v) is 7.45. The van der Waals surface area contributed by atoms with Crippen LogP contribution < -0.4 is 26.6 Å².